The SMILES string of the molecule is CN(C)c1ccc(/C=N/NC(=S)Nc2cccc(C(=O)O)c2)cc1. The Morgan fingerprint density at radius 1 is 1.21 bits per heavy atom. The molecule has 0 atom stereocenters. The number of rotatable bonds is 5. The van der Waals surface area contributed by atoms with Gasteiger partial charge in [-0.1, -0.05) is 18.2 Å². The van der Waals surface area contributed by atoms with E-state index in [0.29, 0.717) is 5.69 Å². The van der Waals surface area contributed by atoms with Crippen LogP contribution in [-0.4, -0.2) is 36.5 Å². The molecule has 0 amide bonds. The van der Waals surface area contributed by atoms with Gasteiger partial charge >= 0.3 is 5.97 Å². The summed E-state index contributed by atoms with van der Waals surface area (Å²) < 4.78 is 0. The topological polar surface area (TPSA) is 77.0 Å². The number of aromatic carboxylic acids is 1. The number of carbonyl (C=O) groups is 1. The minimum atomic E-state index is -0.989. The Balaban J connectivity index is 1.90. The van der Waals surface area contributed by atoms with Crippen molar-refractivity contribution in [3.8, 4) is 0 Å². The third-order valence-electron chi connectivity index (χ3n) is 3.16. The summed E-state index contributed by atoms with van der Waals surface area (Å²) in [5, 5.41) is 16.2. The number of carboxylic acid groups (broad SMARTS) is 1. The number of hydrogen-bond acceptors (Lipinski definition) is 4. The predicted molar refractivity (Wildman–Crippen MR) is 101 cm³/mol. The average molecular weight is 342 g/mol. The van der Waals surface area contributed by atoms with Crippen molar-refractivity contribution in [3.05, 3.63) is 59.7 Å². The molecule has 2 aromatic rings. The highest BCUT2D eigenvalue weighted by Gasteiger charge is 2.03. The first-order chi connectivity index (χ1) is 11.5. The molecule has 0 bridgehead atoms. The molecule has 0 saturated carbocycles. The second kappa shape index (κ2) is 8.07. The number of hydrazone groups is 1. The molecule has 0 aliphatic rings. The molecule has 3 N–H and O–H groups in total. The third kappa shape index (κ3) is 5.06. The molecular weight excluding hydrogens is 324 g/mol. The lowest BCUT2D eigenvalue weighted by molar-refractivity contribution is 0.0697. The van der Waals surface area contributed by atoms with Crippen LogP contribution in [0.4, 0.5) is 11.4 Å². The Hall–Kier alpha value is -2.93. The molecule has 0 heterocycles. The fourth-order valence-electron chi connectivity index (χ4n) is 1.91. The normalized spacial score (nSPS) is 10.4. The number of hydrogen-bond donors (Lipinski definition) is 3. The minimum Gasteiger partial charge on any atom is -0.478 e. The fraction of sp³-hybridized carbons (Fsp3) is 0.118. The van der Waals surface area contributed by atoms with Crippen LogP contribution in [0.2, 0.25) is 0 Å². The van der Waals surface area contributed by atoms with Gasteiger partial charge in [0.1, 0.15) is 0 Å². The molecule has 24 heavy (non-hydrogen) atoms. The van der Waals surface area contributed by atoms with Crippen LogP contribution in [0.5, 0.6) is 0 Å². The zero-order valence-corrected chi connectivity index (χ0v) is 14.2. The van der Waals surface area contributed by atoms with E-state index in [2.05, 4.69) is 15.8 Å². The first-order valence-corrected chi connectivity index (χ1v) is 7.57. The quantitative estimate of drug-likeness (QED) is 0.441. The number of nitrogens with one attached hydrogen (secondary N) is 2. The molecule has 0 radical (unpaired) electrons. The molecular formula is C17H18N4O2S. The van der Waals surface area contributed by atoms with Crippen molar-refractivity contribution in [1.29, 1.82) is 0 Å². The van der Waals surface area contributed by atoms with Crippen molar-refractivity contribution >= 4 is 40.9 Å². The van der Waals surface area contributed by atoms with Gasteiger partial charge in [0.05, 0.1) is 11.8 Å². The van der Waals surface area contributed by atoms with Crippen molar-refractivity contribution in [3.63, 3.8) is 0 Å². The summed E-state index contributed by atoms with van der Waals surface area (Å²) in [5.74, 6) is -0.989. The lowest BCUT2D eigenvalue weighted by atomic mass is 10.2. The van der Waals surface area contributed by atoms with E-state index in [1.807, 2.05) is 43.3 Å². The van der Waals surface area contributed by atoms with Crippen LogP contribution < -0.4 is 15.6 Å². The van der Waals surface area contributed by atoms with Crippen molar-refractivity contribution in [2.45, 2.75) is 0 Å². The van der Waals surface area contributed by atoms with Gasteiger partial charge in [-0.15, -0.1) is 0 Å². The Bertz CT molecular complexity index is 757. The molecule has 0 unspecified atom stereocenters. The van der Waals surface area contributed by atoms with Gasteiger partial charge in [-0.2, -0.15) is 5.10 Å². The molecule has 7 heteroatoms. The van der Waals surface area contributed by atoms with Gasteiger partial charge in [0.15, 0.2) is 5.11 Å². The van der Waals surface area contributed by atoms with E-state index < -0.39 is 5.97 Å². The average Bonchev–Trinajstić information content (AvgIpc) is 2.55. The largest absolute Gasteiger partial charge is 0.478 e. The molecule has 2 rings (SSSR count). The van der Waals surface area contributed by atoms with Gasteiger partial charge in [-0.05, 0) is 48.1 Å². The van der Waals surface area contributed by atoms with Crippen molar-refractivity contribution in [2.24, 2.45) is 5.10 Å². The van der Waals surface area contributed by atoms with E-state index in [0.717, 1.165) is 11.3 Å². The van der Waals surface area contributed by atoms with E-state index in [-0.39, 0.29) is 10.7 Å². The van der Waals surface area contributed by atoms with Gasteiger partial charge in [0.2, 0.25) is 0 Å². The van der Waals surface area contributed by atoms with Crippen LogP contribution >= 0.6 is 12.2 Å². The molecule has 0 aromatic heterocycles. The highest BCUT2D eigenvalue weighted by molar-refractivity contribution is 7.80. The van der Waals surface area contributed by atoms with E-state index in [9.17, 15) is 4.79 Å². The highest BCUT2D eigenvalue weighted by Crippen LogP contribution is 2.11. The van der Waals surface area contributed by atoms with Crippen molar-refractivity contribution in [2.75, 3.05) is 24.3 Å². The number of carboxylic acids is 1. The Morgan fingerprint density at radius 2 is 1.92 bits per heavy atom. The van der Waals surface area contributed by atoms with Gasteiger partial charge < -0.3 is 15.3 Å². The Kier molecular flexibility index (Phi) is 5.86. The summed E-state index contributed by atoms with van der Waals surface area (Å²) in [7, 11) is 3.96. The maximum absolute atomic E-state index is 10.9. The van der Waals surface area contributed by atoms with E-state index in [4.69, 9.17) is 17.3 Å². The lowest BCUT2D eigenvalue weighted by Gasteiger charge is -2.11. The molecule has 0 fully saturated rings. The zero-order chi connectivity index (χ0) is 17.5. The molecule has 0 aliphatic heterocycles. The smallest absolute Gasteiger partial charge is 0.335 e. The van der Waals surface area contributed by atoms with Crippen molar-refractivity contribution in [1.82, 2.24) is 5.43 Å². The Morgan fingerprint density at radius 3 is 2.54 bits per heavy atom. The van der Waals surface area contributed by atoms with E-state index in [1.54, 1.807) is 18.3 Å². The minimum absolute atomic E-state index is 0.187. The molecule has 124 valence electrons. The summed E-state index contributed by atoms with van der Waals surface area (Å²) >= 11 is 5.13. The highest BCUT2D eigenvalue weighted by atomic mass is 32.1. The summed E-state index contributed by atoms with van der Waals surface area (Å²) in [6.07, 6.45) is 1.65. The van der Waals surface area contributed by atoms with Crippen LogP contribution in [0, 0.1) is 0 Å². The second-order valence-corrected chi connectivity index (χ2v) is 5.60. The van der Waals surface area contributed by atoms with Gasteiger partial charge in [-0.3, -0.25) is 5.43 Å². The number of anilines is 2. The van der Waals surface area contributed by atoms with Crippen LogP contribution in [0.25, 0.3) is 0 Å². The second-order valence-electron chi connectivity index (χ2n) is 5.20. The number of benzene rings is 2. The van der Waals surface area contributed by atoms with Gasteiger partial charge in [0.25, 0.3) is 0 Å². The first-order valence-electron chi connectivity index (χ1n) is 7.16. The summed E-state index contributed by atoms with van der Waals surface area (Å²) in [6, 6.07) is 14.3. The van der Waals surface area contributed by atoms with Gasteiger partial charge in [0, 0.05) is 25.5 Å². The Labute approximate surface area is 145 Å². The predicted octanol–water partition coefficient (Wildman–Crippen LogP) is 2.77. The maximum Gasteiger partial charge on any atom is 0.335 e. The van der Waals surface area contributed by atoms with E-state index in [1.165, 1.54) is 12.1 Å². The summed E-state index contributed by atoms with van der Waals surface area (Å²) in [5.41, 5.74) is 5.51. The maximum atomic E-state index is 10.9. The fourth-order valence-corrected chi connectivity index (χ4v) is 2.08. The monoisotopic (exact) mass is 342 g/mol. The van der Waals surface area contributed by atoms with E-state index >= 15 is 0 Å². The third-order valence-corrected chi connectivity index (χ3v) is 3.35. The standard InChI is InChI=1S/C17H18N4O2S/c1-21(2)15-8-6-12(7-9-15)11-18-20-17(24)19-14-5-3-4-13(10-14)16(22)23/h3-11H,1-2H3,(H,22,23)(H2,19,20,24)/b18-11+. The molecule has 0 spiro atoms. The molecule has 0 saturated heterocycles. The zero-order valence-electron chi connectivity index (χ0n) is 13.4. The number of nitrogens with zero attached hydrogens (tertiary/aromatic N) is 2. The van der Waals surface area contributed by atoms with Crippen molar-refractivity contribution < 1.29 is 9.90 Å². The van der Waals surface area contributed by atoms with Crippen LogP contribution in [0.3, 0.4) is 0 Å². The van der Waals surface area contributed by atoms with Crippen LogP contribution in [-0.2, 0) is 0 Å². The lowest BCUT2D eigenvalue weighted by Crippen LogP contribution is -2.24. The summed E-state index contributed by atoms with van der Waals surface area (Å²) in [6.45, 7) is 0. The first kappa shape index (κ1) is 17.4. The number of thiocarbonyl (C=S) groups is 1. The summed E-state index contributed by atoms with van der Waals surface area (Å²) in [4.78, 5) is 12.9. The molecule has 6 nitrogen and oxygen atoms in total. The van der Waals surface area contributed by atoms with Crippen LogP contribution in [0.1, 0.15) is 15.9 Å². The van der Waals surface area contributed by atoms with Crippen LogP contribution in [0.15, 0.2) is 53.6 Å². The molecule has 0 aliphatic carbocycles. The molecule has 2 aromatic carbocycles. The van der Waals surface area contributed by atoms with Gasteiger partial charge in [-0.25, -0.2) is 4.79 Å².